The number of rotatable bonds is 3. The van der Waals surface area contributed by atoms with Crippen LogP contribution in [0.2, 0.25) is 0 Å². The molecule has 11 fully saturated rings. The third-order valence-electron chi connectivity index (χ3n) is 18.9. The highest BCUT2D eigenvalue weighted by molar-refractivity contribution is 6.05. The van der Waals surface area contributed by atoms with Gasteiger partial charge in [-0.2, -0.15) is 0 Å². The largest absolute Gasteiger partial charge is 0.392 e. The summed E-state index contributed by atoms with van der Waals surface area (Å²) in [5, 5.41) is 73.8. The summed E-state index contributed by atoms with van der Waals surface area (Å²) in [5.74, 6) is -10.5. The van der Waals surface area contributed by atoms with Crippen LogP contribution in [0.1, 0.15) is 99.3 Å². The van der Waals surface area contributed by atoms with Gasteiger partial charge in [-0.15, -0.1) is 0 Å². The van der Waals surface area contributed by atoms with Crippen LogP contribution in [-0.4, -0.2) is 115 Å². The summed E-state index contributed by atoms with van der Waals surface area (Å²) in [4.78, 5) is 41.9. The summed E-state index contributed by atoms with van der Waals surface area (Å²) >= 11 is 0. The van der Waals surface area contributed by atoms with Crippen LogP contribution in [0.25, 0.3) is 0 Å². The second-order valence-corrected chi connectivity index (χ2v) is 22.2. The fourth-order valence-corrected chi connectivity index (χ4v) is 16.9. The molecule has 18 atom stereocenters. The number of epoxide rings is 1. The molecule has 57 heavy (non-hydrogen) atoms. The standard InChI is InChI=1S/C44H60O13/c1-21(16-45)23-10-9-13-37(8,29(23)47)42(52)31(49)26-34(3,4)17-38(33(51)36(26,7)19-54-42)14-15-39-18-35(5,6)27-32(50)43(53)41-25(12-11-24(30(41)48)22(2)28(41)46)40(27,20-55-43)44(39,56-38)57-39/h16,23-27,29-32,47-50,52-53H,1-2,9-15,17-20H2,3-8H3/t23-,24-,25-,26+,27+,29+,30+,31-,32-,36+,37+,38+,39?,40-,41-,42?,43-,44?/m0/s1. The molecule has 0 amide bonds. The molecule has 3 spiro atoms. The van der Waals surface area contributed by atoms with Crippen molar-refractivity contribution in [3.8, 4) is 0 Å². The number of Topliss-reactive ketones (excluding diaryl/α,β-unsaturated/α-hetero) is 2. The van der Waals surface area contributed by atoms with E-state index < -0.39 is 121 Å². The summed E-state index contributed by atoms with van der Waals surface area (Å²) in [7, 11) is 0. The minimum atomic E-state index is -2.38. The van der Waals surface area contributed by atoms with Gasteiger partial charge in [0.1, 0.15) is 35.1 Å². The third-order valence-corrected chi connectivity index (χ3v) is 18.9. The Morgan fingerprint density at radius 1 is 0.772 bits per heavy atom. The van der Waals surface area contributed by atoms with Gasteiger partial charge < -0.3 is 49.6 Å². The predicted molar refractivity (Wildman–Crippen MR) is 198 cm³/mol. The van der Waals surface area contributed by atoms with Crippen molar-refractivity contribution in [1.29, 1.82) is 0 Å². The number of carbonyl (C=O) groups is 3. The molecule has 13 nitrogen and oxygen atoms in total. The zero-order valence-electron chi connectivity index (χ0n) is 34.0. The van der Waals surface area contributed by atoms with Crippen molar-refractivity contribution in [2.45, 2.75) is 152 Å². The van der Waals surface area contributed by atoms with E-state index in [0.29, 0.717) is 51.2 Å². The van der Waals surface area contributed by atoms with Gasteiger partial charge in [0.05, 0.1) is 41.7 Å². The number of aldehydes is 1. The maximum absolute atomic E-state index is 15.6. The topological polar surface area (TPSA) is 213 Å². The molecule has 5 saturated heterocycles. The fraction of sp³-hybridized carbons (Fsp3) is 0.841. The highest BCUT2D eigenvalue weighted by atomic mass is 16.8. The molecule has 11 rings (SSSR count). The number of hydrogen-bond acceptors (Lipinski definition) is 13. The Labute approximate surface area is 333 Å². The molecule has 6 saturated carbocycles. The van der Waals surface area contributed by atoms with Crippen molar-refractivity contribution < 1.29 is 64.0 Å². The van der Waals surface area contributed by atoms with Crippen molar-refractivity contribution in [3.05, 3.63) is 24.3 Å². The predicted octanol–water partition coefficient (Wildman–Crippen LogP) is 2.26. The van der Waals surface area contributed by atoms with E-state index >= 15 is 4.79 Å². The van der Waals surface area contributed by atoms with E-state index in [2.05, 4.69) is 13.2 Å². The van der Waals surface area contributed by atoms with Crippen LogP contribution in [0.4, 0.5) is 0 Å². The Morgan fingerprint density at radius 2 is 1.42 bits per heavy atom. The van der Waals surface area contributed by atoms with Crippen molar-refractivity contribution in [3.63, 3.8) is 0 Å². The number of ether oxygens (including phenoxy) is 4. The molecule has 0 radical (unpaired) electrons. The van der Waals surface area contributed by atoms with Crippen LogP contribution in [0.5, 0.6) is 0 Å². The number of aliphatic hydroxyl groups excluding tert-OH is 4. The Morgan fingerprint density at radius 3 is 2.11 bits per heavy atom. The van der Waals surface area contributed by atoms with Crippen molar-refractivity contribution in [2.24, 2.45) is 62.1 Å². The first-order chi connectivity index (χ1) is 26.3. The monoisotopic (exact) mass is 796 g/mol. The quantitative estimate of drug-likeness (QED) is 0.138. The molecular formula is C44H60O13. The molecule has 11 aliphatic rings. The Bertz CT molecular complexity index is 1930. The first kappa shape index (κ1) is 39.2. The SMILES string of the molecule is C=C1C(=O)[C@]23[C@H](O)[C@H]1CC[C@H]2[C@@]12CO[C@@]3(O)[C@@H](O)[C@@H]1C(C)(C)CC13CC[C@]4(CC(C)(C)[C@H]5[C@H](O)C(O)([C@]6(C)CCC[C@@H](C(=C)C=O)[C@H]6O)OC[C@@]5(C)C4=O)OC12O3. The lowest BCUT2D eigenvalue weighted by molar-refractivity contribution is -0.472. The normalized spacial score (nSPS) is 60.2. The van der Waals surface area contributed by atoms with E-state index in [1.165, 1.54) is 0 Å². The zero-order valence-corrected chi connectivity index (χ0v) is 34.0. The van der Waals surface area contributed by atoms with E-state index in [1.54, 1.807) is 13.8 Å². The molecule has 5 aliphatic heterocycles. The van der Waals surface area contributed by atoms with Gasteiger partial charge in [-0.25, -0.2) is 0 Å². The number of fused-ring (bicyclic) bond motifs is 3. The van der Waals surface area contributed by atoms with E-state index in [4.69, 9.17) is 18.9 Å². The molecule has 6 aliphatic carbocycles. The number of aliphatic hydroxyl groups is 6. The van der Waals surface area contributed by atoms with Gasteiger partial charge in [-0.3, -0.25) is 14.4 Å². The lowest BCUT2D eigenvalue weighted by Gasteiger charge is -2.75. The lowest BCUT2D eigenvalue weighted by atomic mass is 9.34. The van der Waals surface area contributed by atoms with Crippen LogP contribution in [-0.2, 0) is 33.3 Å². The highest BCUT2D eigenvalue weighted by Crippen LogP contribution is 2.86. The van der Waals surface area contributed by atoms with Crippen LogP contribution >= 0.6 is 0 Å². The van der Waals surface area contributed by atoms with Gasteiger partial charge in [-0.05, 0) is 86.2 Å². The average Bonchev–Trinajstić information content (AvgIpc) is 3.79. The Kier molecular flexibility index (Phi) is 7.40. The van der Waals surface area contributed by atoms with E-state index in [1.807, 2.05) is 27.7 Å². The van der Waals surface area contributed by atoms with Gasteiger partial charge in [0.15, 0.2) is 17.4 Å². The molecule has 13 heteroatoms. The number of hydrogen-bond donors (Lipinski definition) is 6. The molecule has 6 N–H and O–H groups in total. The second-order valence-electron chi connectivity index (χ2n) is 22.2. The van der Waals surface area contributed by atoms with E-state index in [9.17, 15) is 40.2 Å². The lowest BCUT2D eigenvalue weighted by Crippen LogP contribution is -2.88. The molecule has 314 valence electrons. The van der Waals surface area contributed by atoms with Gasteiger partial charge in [0.2, 0.25) is 11.6 Å². The molecule has 0 aromatic carbocycles. The zero-order chi connectivity index (χ0) is 41.3. The average molecular weight is 797 g/mol. The van der Waals surface area contributed by atoms with Crippen molar-refractivity contribution in [2.75, 3.05) is 13.2 Å². The van der Waals surface area contributed by atoms with Crippen LogP contribution in [0, 0.1) is 62.1 Å². The van der Waals surface area contributed by atoms with Crippen LogP contribution < -0.4 is 0 Å². The van der Waals surface area contributed by atoms with Gasteiger partial charge in [-0.1, -0.05) is 54.2 Å². The van der Waals surface area contributed by atoms with E-state index in [-0.39, 0.29) is 43.0 Å². The van der Waals surface area contributed by atoms with Crippen molar-refractivity contribution in [1.82, 2.24) is 0 Å². The fourth-order valence-electron chi connectivity index (χ4n) is 16.9. The number of carbonyl (C=O) groups excluding carboxylic acids is 3. The van der Waals surface area contributed by atoms with E-state index in [0.717, 1.165) is 0 Å². The second kappa shape index (κ2) is 10.7. The molecule has 0 aromatic rings. The maximum atomic E-state index is 15.6. The molecule has 5 heterocycles. The van der Waals surface area contributed by atoms with Gasteiger partial charge in [0.25, 0.3) is 0 Å². The maximum Gasteiger partial charge on any atom is 0.208 e. The smallest absolute Gasteiger partial charge is 0.208 e. The third kappa shape index (κ3) is 3.78. The summed E-state index contributed by atoms with van der Waals surface area (Å²) in [5.41, 5.74) is -9.50. The molecule has 3 unspecified atom stereocenters. The first-order valence-electron chi connectivity index (χ1n) is 21.1. The molecular weight excluding hydrogens is 736 g/mol. The summed E-state index contributed by atoms with van der Waals surface area (Å²) in [6.07, 6.45) is -1.75. The van der Waals surface area contributed by atoms with Crippen molar-refractivity contribution >= 4 is 17.9 Å². The van der Waals surface area contributed by atoms with Gasteiger partial charge >= 0.3 is 0 Å². The van der Waals surface area contributed by atoms with Crippen LogP contribution in [0.15, 0.2) is 24.3 Å². The van der Waals surface area contributed by atoms with Gasteiger partial charge in [0, 0.05) is 23.7 Å². The first-order valence-corrected chi connectivity index (χ1v) is 21.1. The molecule has 0 aromatic heterocycles. The summed E-state index contributed by atoms with van der Waals surface area (Å²) < 4.78 is 27.2. The minimum absolute atomic E-state index is 0.124. The highest BCUT2D eigenvalue weighted by Gasteiger charge is 2.98. The van der Waals surface area contributed by atoms with Crippen LogP contribution in [0.3, 0.4) is 0 Å². The molecule has 4 bridgehead atoms. The summed E-state index contributed by atoms with van der Waals surface area (Å²) in [6.45, 7) is 18.8. The minimum Gasteiger partial charge on any atom is -0.392 e. The Balaban J connectivity index is 1.06. The summed E-state index contributed by atoms with van der Waals surface area (Å²) in [6, 6.07) is 0. The number of ketones is 2. The Hall–Kier alpha value is -1.91.